The van der Waals surface area contributed by atoms with Crippen molar-refractivity contribution in [1.29, 1.82) is 0 Å². The van der Waals surface area contributed by atoms with E-state index in [9.17, 15) is 9.59 Å². The molecule has 6 nitrogen and oxygen atoms in total. The number of aliphatic carboxylic acids is 1. The molecule has 2 rings (SSSR count). The van der Waals surface area contributed by atoms with E-state index in [0.29, 0.717) is 22.0 Å². The number of rotatable bonds is 6. The van der Waals surface area contributed by atoms with E-state index >= 15 is 0 Å². The van der Waals surface area contributed by atoms with Crippen molar-refractivity contribution in [2.45, 2.75) is 11.1 Å². The highest BCUT2D eigenvalue weighted by molar-refractivity contribution is 8.14. The Hall–Kier alpha value is -1.80. The molecule has 1 saturated heterocycles. The lowest BCUT2D eigenvalue weighted by molar-refractivity contribution is -0.137. The van der Waals surface area contributed by atoms with Gasteiger partial charge in [-0.1, -0.05) is 11.8 Å². The number of carbonyl (C=O) groups excluding carboxylic acids is 1. The van der Waals surface area contributed by atoms with Crippen molar-refractivity contribution in [2.75, 3.05) is 20.8 Å². The van der Waals surface area contributed by atoms with E-state index in [-0.39, 0.29) is 18.9 Å². The Labute approximate surface area is 143 Å². The van der Waals surface area contributed by atoms with Gasteiger partial charge in [-0.2, -0.15) is 0 Å². The Morgan fingerprint density at radius 3 is 2.78 bits per heavy atom. The second-order valence-electron chi connectivity index (χ2n) is 4.70. The maximum Gasteiger partial charge on any atom is 0.305 e. The molecule has 1 N–H and O–H groups in total. The summed E-state index contributed by atoms with van der Waals surface area (Å²) >= 11 is 5.61. The number of benzene rings is 1. The van der Waals surface area contributed by atoms with Crippen LogP contribution < -0.4 is 9.47 Å². The third-order valence-electron chi connectivity index (χ3n) is 3.26. The molecule has 0 bridgehead atoms. The number of carboxylic acids is 1. The van der Waals surface area contributed by atoms with Crippen LogP contribution in [0.25, 0.3) is 6.08 Å². The average molecular weight is 355 g/mol. The van der Waals surface area contributed by atoms with Crippen LogP contribution in [0.1, 0.15) is 12.0 Å². The first-order valence-corrected chi connectivity index (χ1v) is 8.17. The van der Waals surface area contributed by atoms with Gasteiger partial charge in [0, 0.05) is 12.1 Å². The first-order chi connectivity index (χ1) is 11.0. The number of ether oxygens (including phenoxy) is 2. The molecule has 1 aliphatic rings. The summed E-state index contributed by atoms with van der Waals surface area (Å²) in [5, 5.41) is 8.76. The first-order valence-electron chi connectivity index (χ1n) is 6.77. The van der Waals surface area contributed by atoms with Gasteiger partial charge in [0.15, 0.2) is 0 Å². The van der Waals surface area contributed by atoms with Crippen LogP contribution in [0.3, 0.4) is 0 Å². The van der Waals surface area contributed by atoms with Gasteiger partial charge in [0.05, 0.1) is 25.5 Å². The van der Waals surface area contributed by atoms with Crippen LogP contribution in [0.2, 0.25) is 0 Å². The number of hydrogen-bond acceptors (Lipinski definition) is 6. The molecule has 8 heteroatoms. The lowest BCUT2D eigenvalue weighted by Crippen LogP contribution is -2.31. The number of amides is 1. The summed E-state index contributed by atoms with van der Waals surface area (Å²) in [6.07, 6.45) is 1.59. The number of thioether (sulfide) groups is 1. The number of hydrogen-bond donors (Lipinski definition) is 2. The van der Waals surface area contributed by atoms with Crippen LogP contribution in [0.5, 0.6) is 11.5 Å². The molecule has 23 heavy (non-hydrogen) atoms. The Bertz CT molecular complexity index is 647. The predicted octanol–water partition coefficient (Wildman–Crippen LogP) is 2.31. The first kappa shape index (κ1) is 17.6. The molecule has 0 spiro atoms. The minimum absolute atomic E-state index is 0.112. The van der Waals surface area contributed by atoms with Gasteiger partial charge in [0.25, 0.3) is 5.91 Å². The van der Waals surface area contributed by atoms with Gasteiger partial charge >= 0.3 is 5.97 Å². The Morgan fingerprint density at radius 1 is 1.43 bits per heavy atom. The second kappa shape index (κ2) is 7.65. The minimum atomic E-state index is -0.949. The molecule has 1 aliphatic heterocycles. The Morgan fingerprint density at radius 2 is 2.17 bits per heavy atom. The van der Waals surface area contributed by atoms with Gasteiger partial charge in [-0.05, 0) is 24.3 Å². The molecule has 0 aliphatic carbocycles. The third kappa shape index (κ3) is 4.14. The molecule has 0 aromatic heterocycles. The van der Waals surface area contributed by atoms with Crippen molar-refractivity contribution in [3.8, 4) is 11.5 Å². The smallest absolute Gasteiger partial charge is 0.305 e. The molecule has 1 heterocycles. The molecule has 1 atom stereocenters. The van der Waals surface area contributed by atoms with Crippen LogP contribution >= 0.6 is 24.4 Å². The summed E-state index contributed by atoms with van der Waals surface area (Å²) < 4.78 is 10.1. The fourth-order valence-electron chi connectivity index (χ4n) is 2.09. The summed E-state index contributed by atoms with van der Waals surface area (Å²) in [4.78, 5) is 25.0. The van der Waals surface area contributed by atoms with Crippen molar-refractivity contribution in [3.63, 3.8) is 0 Å². The summed E-state index contributed by atoms with van der Waals surface area (Å²) in [5.41, 5.74) is 0.711. The summed E-state index contributed by atoms with van der Waals surface area (Å²) in [7, 11) is 3.11. The zero-order valence-electron chi connectivity index (χ0n) is 12.7. The van der Waals surface area contributed by atoms with Crippen LogP contribution in [-0.2, 0) is 9.59 Å². The topological polar surface area (TPSA) is 76.1 Å². The quantitative estimate of drug-likeness (QED) is 0.602. The molecule has 1 aromatic rings. The van der Waals surface area contributed by atoms with Gasteiger partial charge in [-0.15, -0.1) is 12.6 Å². The number of carbonyl (C=O) groups is 2. The number of nitrogens with zero attached hydrogens (tertiary/aromatic N) is 1. The highest BCUT2D eigenvalue weighted by Gasteiger charge is 2.34. The minimum Gasteiger partial charge on any atom is -0.497 e. The molecule has 0 radical (unpaired) electrons. The second-order valence-corrected chi connectivity index (χ2v) is 6.66. The fraction of sp³-hybridized carbons (Fsp3) is 0.333. The lowest BCUT2D eigenvalue weighted by atomic mass is 10.1. The van der Waals surface area contributed by atoms with E-state index in [0.717, 1.165) is 0 Å². The highest BCUT2D eigenvalue weighted by atomic mass is 32.2. The number of carboxylic acid groups (broad SMARTS) is 1. The van der Waals surface area contributed by atoms with E-state index in [4.69, 9.17) is 14.6 Å². The van der Waals surface area contributed by atoms with Gasteiger partial charge < -0.3 is 19.5 Å². The van der Waals surface area contributed by atoms with Crippen LogP contribution in [0.15, 0.2) is 23.1 Å². The largest absolute Gasteiger partial charge is 0.497 e. The zero-order valence-corrected chi connectivity index (χ0v) is 14.4. The predicted molar refractivity (Wildman–Crippen MR) is 91.9 cm³/mol. The van der Waals surface area contributed by atoms with E-state index in [1.807, 2.05) is 0 Å². The highest BCUT2D eigenvalue weighted by Crippen LogP contribution is 2.39. The zero-order chi connectivity index (χ0) is 17.0. The normalized spacial score (nSPS) is 19.3. The molecule has 124 valence electrons. The monoisotopic (exact) mass is 355 g/mol. The molecular weight excluding hydrogens is 338 g/mol. The SMILES string of the molecule is COc1ccc(OC)c(/C=C2\SC(S)N(CCC(=O)O)C2=O)c1. The molecule has 1 unspecified atom stereocenters. The maximum atomic E-state index is 12.4. The summed E-state index contributed by atoms with van der Waals surface area (Å²) in [5.74, 6) is 0.0843. The Balaban J connectivity index is 2.26. The molecule has 1 fully saturated rings. The van der Waals surface area contributed by atoms with Gasteiger partial charge in [-0.25, -0.2) is 0 Å². The Kier molecular flexibility index (Phi) is 5.84. The number of methoxy groups -OCH3 is 2. The van der Waals surface area contributed by atoms with E-state index in [2.05, 4.69) is 12.6 Å². The van der Waals surface area contributed by atoms with Crippen LogP contribution in [-0.4, -0.2) is 47.4 Å². The fourth-order valence-corrected chi connectivity index (χ4v) is 3.62. The average Bonchev–Trinajstić information content (AvgIpc) is 2.79. The lowest BCUT2D eigenvalue weighted by Gasteiger charge is -2.17. The van der Waals surface area contributed by atoms with E-state index in [1.54, 1.807) is 38.5 Å². The maximum absolute atomic E-state index is 12.4. The van der Waals surface area contributed by atoms with Crippen molar-refractivity contribution >= 4 is 42.3 Å². The molecular formula is C15H17NO5S2. The van der Waals surface area contributed by atoms with Crippen molar-refractivity contribution in [1.82, 2.24) is 4.90 Å². The standard InChI is InChI=1S/C15H17NO5S2/c1-20-10-3-4-11(21-2)9(7-10)8-12-14(19)16(15(22)23-12)6-5-13(17)18/h3-4,7-8,15,22H,5-6H2,1-2H3,(H,17,18)/b12-8-. The van der Waals surface area contributed by atoms with Crippen LogP contribution in [0.4, 0.5) is 0 Å². The van der Waals surface area contributed by atoms with E-state index < -0.39 is 10.7 Å². The van der Waals surface area contributed by atoms with Gasteiger partial charge in [-0.3, -0.25) is 9.59 Å². The third-order valence-corrected chi connectivity index (χ3v) is 4.87. The molecule has 1 amide bonds. The van der Waals surface area contributed by atoms with Crippen LogP contribution in [0, 0.1) is 0 Å². The molecule has 0 saturated carbocycles. The summed E-state index contributed by atoms with van der Waals surface area (Å²) in [6, 6.07) is 5.30. The van der Waals surface area contributed by atoms with Crippen molar-refractivity contribution < 1.29 is 24.2 Å². The van der Waals surface area contributed by atoms with Gasteiger partial charge in [0.1, 0.15) is 16.2 Å². The van der Waals surface area contributed by atoms with E-state index in [1.165, 1.54) is 16.7 Å². The number of thiol groups is 1. The molecule has 1 aromatic carbocycles. The van der Waals surface area contributed by atoms with Crippen molar-refractivity contribution in [3.05, 3.63) is 28.7 Å². The summed E-state index contributed by atoms with van der Waals surface area (Å²) in [6.45, 7) is 0.127. The van der Waals surface area contributed by atoms with Gasteiger partial charge in [0.2, 0.25) is 0 Å². The van der Waals surface area contributed by atoms with Crippen molar-refractivity contribution in [2.24, 2.45) is 0 Å².